The third kappa shape index (κ3) is 2.32. The van der Waals surface area contributed by atoms with Crippen LogP contribution >= 0.6 is 0 Å². The van der Waals surface area contributed by atoms with Gasteiger partial charge in [0.15, 0.2) is 0 Å². The number of rotatable bonds is 1. The third-order valence-electron chi connectivity index (χ3n) is 3.47. The van der Waals surface area contributed by atoms with E-state index in [1.54, 1.807) is 0 Å². The summed E-state index contributed by atoms with van der Waals surface area (Å²) >= 11 is 0. The average Bonchev–Trinajstić information content (AvgIpc) is 2.30. The summed E-state index contributed by atoms with van der Waals surface area (Å²) in [4.78, 5) is 14.1. The van der Waals surface area contributed by atoms with Crippen LogP contribution in [-0.2, 0) is 9.53 Å². The van der Waals surface area contributed by atoms with Crippen molar-refractivity contribution in [2.75, 3.05) is 26.3 Å². The van der Waals surface area contributed by atoms with Crippen LogP contribution in [0.3, 0.4) is 0 Å². The second-order valence-electron chi connectivity index (χ2n) is 4.62. The molecule has 0 aromatic carbocycles. The van der Waals surface area contributed by atoms with Gasteiger partial charge < -0.3 is 15.4 Å². The number of ether oxygens (including phenoxy) is 1. The molecule has 1 aliphatic heterocycles. The van der Waals surface area contributed by atoms with Crippen LogP contribution in [0.5, 0.6) is 0 Å². The zero-order valence-electron chi connectivity index (χ0n) is 9.21. The molecule has 2 rings (SSSR count). The summed E-state index contributed by atoms with van der Waals surface area (Å²) in [5, 5.41) is 0. The van der Waals surface area contributed by atoms with Crippen molar-refractivity contribution in [3.8, 4) is 0 Å². The summed E-state index contributed by atoms with van der Waals surface area (Å²) in [5.41, 5.74) is 5.63. The van der Waals surface area contributed by atoms with Crippen molar-refractivity contribution in [3.05, 3.63) is 0 Å². The predicted octanol–water partition coefficient (Wildman–Crippen LogP) is 0.507. The van der Waals surface area contributed by atoms with E-state index in [0.717, 1.165) is 25.7 Å². The first-order valence-corrected chi connectivity index (χ1v) is 5.88. The number of hydrogen-bond acceptors (Lipinski definition) is 3. The molecular weight excluding hydrogens is 192 g/mol. The SMILES string of the molecule is NC1(C(=O)N2CCOCC2)CCCCC1. The van der Waals surface area contributed by atoms with Gasteiger partial charge in [-0.15, -0.1) is 0 Å². The fraction of sp³-hybridized carbons (Fsp3) is 0.909. The number of hydrogen-bond donors (Lipinski definition) is 1. The van der Waals surface area contributed by atoms with Gasteiger partial charge in [-0.25, -0.2) is 0 Å². The Hall–Kier alpha value is -0.610. The molecule has 0 aromatic heterocycles. The van der Waals surface area contributed by atoms with Crippen molar-refractivity contribution in [2.24, 2.45) is 5.73 Å². The Morgan fingerprint density at radius 2 is 1.73 bits per heavy atom. The molecule has 0 bridgehead atoms. The maximum absolute atomic E-state index is 12.2. The van der Waals surface area contributed by atoms with Crippen LogP contribution in [0.2, 0.25) is 0 Å². The van der Waals surface area contributed by atoms with Crippen LogP contribution in [0.4, 0.5) is 0 Å². The van der Waals surface area contributed by atoms with Gasteiger partial charge in [0.2, 0.25) is 5.91 Å². The molecule has 2 aliphatic rings. The van der Waals surface area contributed by atoms with Gasteiger partial charge in [-0.3, -0.25) is 4.79 Å². The molecule has 1 saturated carbocycles. The number of morpholine rings is 1. The maximum atomic E-state index is 12.2. The molecule has 4 heteroatoms. The molecule has 1 aliphatic carbocycles. The van der Waals surface area contributed by atoms with Crippen molar-refractivity contribution >= 4 is 5.91 Å². The second-order valence-corrected chi connectivity index (χ2v) is 4.62. The summed E-state index contributed by atoms with van der Waals surface area (Å²) in [6.07, 6.45) is 5.10. The molecule has 1 heterocycles. The minimum atomic E-state index is -0.574. The lowest BCUT2D eigenvalue weighted by molar-refractivity contribution is -0.142. The largest absolute Gasteiger partial charge is 0.378 e. The Bertz CT molecular complexity index is 231. The van der Waals surface area contributed by atoms with E-state index in [-0.39, 0.29) is 5.91 Å². The van der Waals surface area contributed by atoms with E-state index in [1.807, 2.05) is 4.90 Å². The van der Waals surface area contributed by atoms with Crippen LogP contribution in [0, 0.1) is 0 Å². The van der Waals surface area contributed by atoms with Crippen LogP contribution < -0.4 is 5.73 Å². The topological polar surface area (TPSA) is 55.6 Å². The Kier molecular flexibility index (Phi) is 3.26. The number of amides is 1. The van der Waals surface area contributed by atoms with Gasteiger partial charge in [-0.2, -0.15) is 0 Å². The van der Waals surface area contributed by atoms with Crippen LogP contribution in [0.1, 0.15) is 32.1 Å². The van der Waals surface area contributed by atoms with E-state index < -0.39 is 5.54 Å². The molecular formula is C11H20N2O2. The minimum Gasteiger partial charge on any atom is -0.378 e. The lowest BCUT2D eigenvalue weighted by Crippen LogP contribution is -2.58. The van der Waals surface area contributed by atoms with Gasteiger partial charge in [0.1, 0.15) is 0 Å². The zero-order valence-corrected chi connectivity index (χ0v) is 9.21. The van der Waals surface area contributed by atoms with Crippen LogP contribution in [0.15, 0.2) is 0 Å². The van der Waals surface area contributed by atoms with Crippen molar-refractivity contribution in [2.45, 2.75) is 37.6 Å². The first-order chi connectivity index (χ1) is 7.22. The van der Waals surface area contributed by atoms with E-state index in [9.17, 15) is 4.79 Å². The first kappa shape index (κ1) is 10.9. The van der Waals surface area contributed by atoms with Crippen molar-refractivity contribution in [1.29, 1.82) is 0 Å². The van der Waals surface area contributed by atoms with Crippen molar-refractivity contribution < 1.29 is 9.53 Å². The maximum Gasteiger partial charge on any atom is 0.242 e. The Morgan fingerprint density at radius 3 is 2.33 bits per heavy atom. The molecule has 86 valence electrons. The quantitative estimate of drug-likeness (QED) is 0.689. The Labute approximate surface area is 90.8 Å². The van der Waals surface area contributed by atoms with E-state index in [4.69, 9.17) is 10.5 Å². The van der Waals surface area contributed by atoms with Crippen LogP contribution in [0.25, 0.3) is 0 Å². The van der Waals surface area contributed by atoms with Gasteiger partial charge >= 0.3 is 0 Å². The summed E-state index contributed by atoms with van der Waals surface area (Å²) in [6.45, 7) is 2.72. The standard InChI is InChI=1S/C11H20N2O2/c12-11(4-2-1-3-5-11)10(14)13-6-8-15-9-7-13/h1-9,12H2. The van der Waals surface area contributed by atoms with Crippen LogP contribution in [-0.4, -0.2) is 42.6 Å². The highest BCUT2D eigenvalue weighted by atomic mass is 16.5. The van der Waals surface area contributed by atoms with E-state index in [0.29, 0.717) is 26.3 Å². The molecule has 15 heavy (non-hydrogen) atoms. The highest BCUT2D eigenvalue weighted by Gasteiger charge is 2.38. The number of nitrogens with zero attached hydrogens (tertiary/aromatic N) is 1. The lowest BCUT2D eigenvalue weighted by Gasteiger charge is -2.38. The monoisotopic (exact) mass is 212 g/mol. The first-order valence-electron chi connectivity index (χ1n) is 5.88. The smallest absolute Gasteiger partial charge is 0.242 e. The van der Waals surface area contributed by atoms with Crippen molar-refractivity contribution in [3.63, 3.8) is 0 Å². The number of carbonyl (C=O) groups is 1. The molecule has 4 nitrogen and oxygen atoms in total. The van der Waals surface area contributed by atoms with Gasteiger partial charge in [0, 0.05) is 13.1 Å². The normalized spacial score (nSPS) is 26.3. The van der Waals surface area contributed by atoms with Gasteiger partial charge in [0.25, 0.3) is 0 Å². The van der Waals surface area contributed by atoms with Gasteiger partial charge in [0.05, 0.1) is 18.8 Å². The molecule has 0 radical (unpaired) electrons. The molecule has 0 atom stereocenters. The minimum absolute atomic E-state index is 0.144. The second kappa shape index (κ2) is 4.49. The molecule has 0 unspecified atom stereocenters. The fourth-order valence-electron chi connectivity index (χ4n) is 2.48. The summed E-state index contributed by atoms with van der Waals surface area (Å²) in [5.74, 6) is 0.144. The number of nitrogens with two attached hydrogens (primary N) is 1. The predicted molar refractivity (Wildman–Crippen MR) is 57.4 cm³/mol. The Morgan fingerprint density at radius 1 is 1.13 bits per heavy atom. The summed E-state index contributed by atoms with van der Waals surface area (Å²) in [7, 11) is 0. The third-order valence-corrected chi connectivity index (χ3v) is 3.47. The summed E-state index contributed by atoms with van der Waals surface area (Å²) < 4.78 is 5.24. The molecule has 1 saturated heterocycles. The molecule has 2 N–H and O–H groups in total. The summed E-state index contributed by atoms with van der Waals surface area (Å²) in [6, 6.07) is 0. The molecule has 1 amide bonds. The Balaban J connectivity index is 1.98. The van der Waals surface area contributed by atoms with E-state index in [1.165, 1.54) is 6.42 Å². The molecule has 2 fully saturated rings. The van der Waals surface area contributed by atoms with E-state index in [2.05, 4.69) is 0 Å². The molecule has 0 spiro atoms. The lowest BCUT2D eigenvalue weighted by atomic mass is 9.81. The zero-order chi connectivity index (χ0) is 10.7. The van der Waals surface area contributed by atoms with Gasteiger partial charge in [-0.05, 0) is 12.8 Å². The van der Waals surface area contributed by atoms with Gasteiger partial charge in [-0.1, -0.05) is 19.3 Å². The molecule has 0 aromatic rings. The average molecular weight is 212 g/mol. The highest BCUT2D eigenvalue weighted by Crippen LogP contribution is 2.27. The highest BCUT2D eigenvalue weighted by molar-refractivity contribution is 5.86. The number of carbonyl (C=O) groups excluding carboxylic acids is 1. The fourth-order valence-corrected chi connectivity index (χ4v) is 2.48. The van der Waals surface area contributed by atoms with Crippen molar-refractivity contribution in [1.82, 2.24) is 4.90 Å². The van der Waals surface area contributed by atoms with E-state index >= 15 is 0 Å².